The zero-order valence-electron chi connectivity index (χ0n) is 20.1. The number of ether oxygens (including phenoxy) is 1. The second kappa shape index (κ2) is 10.1. The van der Waals surface area contributed by atoms with Crippen LogP contribution in [0, 0.1) is 6.92 Å². The maximum absolute atomic E-state index is 5.77. The summed E-state index contributed by atoms with van der Waals surface area (Å²) in [5.41, 5.74) is 2.47. The average molecular weight is 476 g/mol. The van der Waals surface area contributed by atoms with Crippen LogP contribution in [0.25, 0.3) is 11.4 Å². The van der Waals surface area contributed by atoms with Crippen molar-refractivity contribution in [2.75, 3.05) is 49.0 Å². The molecule has 1 aliphatic heterocycles. The lowest BCUT2D eigenvalue weighted by molar-refractivity contribution is 0.206. The van der Waals surface area contributed by atoms with Crippen LogP contribution in [0.15, 0.2) is 47.1 Å². The minimum Gasteiger partial charge on any atom is -0.383 e. The molecule has 11 heteroatoms. The first kappa shape index (κ1) is 22.8. The number of methoxy groups -OCH3 is 1. The van der Waals surface area contributed by atoms with Gasteiger partial charge >= 0.3 is 0 Å². The van der Waals surface area contributed by atoms with Gasteiger partial charge < -0.3 is 24.4 Å². The van der Waals surface area contributed by atoms with Crippen LogP contribution < -0.4 is 15.1 Å². The fourth-order valence-electron chi connectivity index (χ4n) is 4.15. The molecule has 1 aliphatic rings. The molecule has 0 aliphatic carbocycles. The van der Waals surface area contributed by atoms with Gasteiger partial charge in [-0.3, -0.25) is 10.1 Å². The fourth-order valence-corrected chi connectivity index (χ4v) is 4.15. The van der Waals surface area contributed by atoms with Gasteiger partial charge in [0.15, 0.2) is 11.6 Å². The highest BCUT2D eigenvalue weighted by Crippen LogP contribution is 2.37. The molecule has 5 rings (SSSR count). The van der Waals surface area contributed by atoms with Crippen molar-refractivity contribution < 1.29 is 9.26 Å². The quantitative estimate of drug-likeness (QED) is 0.370. The van der Waals surface area contributed by atoms with E-state index in [9.17, 15) is 0 Å². The first-order chi connectivity index (χ1) is 17.1. The maximum atomic E-state index is 5.77. The smallest absolute Gasteiger partial charge is 0.229 e. The molecule has 0 amide bonds. The Bertz CT molecular complexity index is 1260. The lowest BCUT2D eigenvalue weighted by Crippen LogP contribution is -2.27. The molecule has 1 unspecified atom stereocenters. The topological polar surface area (TPSA) is 121 Å². The summed E-state index contributed by atoms with van der Waals surface area (Å²) in [4.78, 5) is 18.3. The minimum absolute atomic E-state index is 0.0139. The molecule has 0 saturated carbocycles. The molecule has 0 spiro atoms. The summed E-state index contributed by atoms with van der Waals surface area (Å²) in [7, 11) is 3.68. The van der Waals surface area contributed by atoms with Gasteiger partial charge in [-0.1, -0.05) is 11.2 Å². The Morgan fingerprint density at radius 1 is 1.20 bits per heavy atom. The molecule has 11 nitrogen and oxygen atoms in total. The zero-order valence-corrected chi connectivity index (χ0v) is 20.1. The van der Waals surface area contributed by atoms with Gasteiger partial charge in [0.05, 0.1) is 18.3 Å². The first-order valence-electron chi connectivity index (χ1n) is 11.6. The summed E-state index contributed by atoms with van der Waals surface area (Å²) in [5, 5.41) is 14.8. The van der Waals surface area contributed by atoms with Crippen LogP contribution in [0.3, 0.4) is 0 Å². The van der Waals surface area contributed by atoms with E-state index >= 15 is 0 Å². The van der Waals surface area contributed by atoms with Crippen LogP contribution in [0.5, 0.6) is 0 Å². The van der Waals surface area contributed by atoms with Crippen LogP contribution in [-0.2, 0) is 4.74 Å². The predicted octanol–water partition coefficient (Wildman–Crippen LogP) is 3.73. The molecule has 0 aromatic carbocycles. The van der Waals surface area contributed by atoms with Crippen LogP contribution in [0.2, 0.25) is 0 Å². The number of nitrogens with one attached hydrogen (secondary N) is 2. The predicted molar refractivity (Wildman–Crippen MR) is 133 cm³/mol. The third kappa shape index (κ3) is 5.09. The Kier molecular flexibility index (Phi) is 6.57. The van der Waals surface area contributed by atoms with Crippen molar-refractivity contribution in [2.24, 2.45) is 0 Å². The number of aryl methyl sites for hydroxylation is 1. The molecular formula is C24H29N9O2. The van der Waals surface area contributed by atoms with Crippen LogP contribution in [-0.4, -0.2) is 64.2 Å². The van der Waals surface area contributed by atoms with Crippen molar-refractivity contribution in [3.63, 3.8) is 0 Å². The Balaban J connectivity index is 1.45. The molecule has 0 bridgehead atoms. The Morgan fingerprint density at radius 2 is 2.11 bits per heavy atom. The van der Waals surface area contributed by atoms with E-state index in [1.54, 1.807) is 13.3 Å². The number of nitrogens with zero attached hydrogens (tertiary/aromatic N) is 7. The second-order valence-electron chi connectivity index (χ2n) is 8.57. The summed E-state index contributed by atoms with van der Waals surface area (Å²) in [6.07, 6.45) is 3.67. The molecule has 1 saturated heterocycles. The third-order valence-corrected chi connectivity index (χ3v) is 5.98. The summed E-state index contributed by atoms with van der Waals surface area (Å²) < 4.78 is 11.0. The van der Waals surface area contributed by atoms with Crippen LogP contribution >= 0.6 is 0 Å². The first-order valence-corrected chi connectivity index (χ1v) is 11.6. The van der Waals surface area contributed by atoms with Crippen LogP contribution in [0.1, 0.15) is 30.3 Å². The van der Waals surface area contributed by atoms with Gasteiger partial charge in [0, 0.05) is 57.3 Å². The van der Waals surface area contributed by atoms with E-state index in [1.165, 1.54) is 0 Å². The van der Waals surface area contributed by atoms with Crippen LogP contribution in [0.4, 0.5) is 23.4 Å². The molecule has 2 N–H and O–H groups in total. The van der Waals surface area contributed by atoms with Crippen molar-refractivity contribution >= 4 is 23.4 Å². The van der Waals surface area contributed by atoms with E-state index in [0.29, 0.717) is 30.7 Å². The molecule has 1 fully saturated rings. The lowest BCUT2D eigenvalue weighted by atomic mass is 10.1. The standard InChI is InChI=1S/C24H29N9O2/c1-16-13-22(30-29-16)26-21-15-23(32(2)11-12-34-3)28-24(27-21)33-10-6-8-19(33)20-14-18(31-35-20)17-7-4-5-9-25-17/h4-5,7,9,13-15,19H,6,8,10-12H2,1-3H3,(H2,26,27,28,29,30). The number of aromatic nitrogens is 6. The highest BCUT2D eigenvalue weighted by Gasteiger charge is 2.32. The van der Waals surface area contributed by atoms with Gasteiger partial charge in [-0.05, 0) is 31.9 Å². The van der Waals surface area contributed by atoms with Crippen molar-refractivity contribution in [1.29, 1.82) is 0 Å². The van der Waals surface area contributed by atoms with Crippen molar-refractivity contribution in [2.45, 2.75) is 25.8 Å². The molecule has 4 aromatic rings. The zero-order chi connectivity index (χ0) is 24.2. The van der Waals surface area contributed by atoms with Crippen molar-refractivity contribution in [3.05, 3.63) is 54.0 Å². The Hall–Kier alpha value is -3.99. The molecule has 1 atom stereocenters. The van der Waals surface area contributed by atoms with E-state index < -0.39 is 0 Å². The third-order valence-electron chi connectivity index (χ3n) is 5.98. The number of likely N-dealkylation sites (N-methyl/N-ethyl adjacent to an activating group) is 1. The highest BCUT2D eigenvalue weighted by atomic mass is 16.5. The Labute approximate surface area is 203 Å². The summed E-state index contributed by atoms with van der Waals surface area (Å²) in [6.45, 7) is 4.07. The summed E-state index contributed by atoms with van der Waals surface area (Å²) in [5.74, 6) is 3.56. The van der Waals surface area contributed by atoms with Gasteiger partial charge in [0.1, 0.15) is 17.3 Å². The largest absolute Gasteiger partial charge is 0.383 e. The maximum Gasteiger partial charge on any atom is 0.229 e. The number of anilines is 4. The number of rotatable bonds is 9. The molecular weight excluding hydrogens is 446 g/mol. The van der Waals surface area contributed by atoms with Crippen molar-refractivity contribution in [1.82, 2.24) is 30.3 Å². The van der Waals surface area contributed by atoms with Crippen molar-refractivity contribution in [3.8, 4) is 11.4 Å². The van der Waals surface area contributed by atoms with Gasteiger partial charge in [0.2, 0.25) is 5.95 Å². The minimum atomic E-state index is -0.0139. The molecule has 4 aromatic heterocycles. The van der Waals surface area contributed by atoms with E-state index in [1.807, 2.05) is 55.3 Å². The van der Waals surface area contributed by atoms with Gasteiger partial charge in [0.25, 0.3) is 0 Å². The Morgan fingerprint density at radius 3 is 2.89 bits per heavy atom. The molecule has 35 heavy (non-hydrogen) atoms. The lowest BCUT2D eigenvalue weighted by Gasteiger charge is -2.25. The van der Waals surface area contributed by atoms with Gasteiger partial charge in [-0.15, -0.1) is 0 Å². The fraction of sp³-hybridized carbons (Fsp3) is 0.375. The van der Waals surface area contributed by atoms with E-state index in [2.05, 4.69) is 30.6 Å². The number of H-pyrrole nitrogens is 1. The average Bonchev–Trinajstić information content (AvgIpc) is 3.63. The number of pyridine rings is 1. The highest BCUT2D eigenvalue weighted by molar-refractivity contribution is 5.60. The number of aromatic amines is 1. The monoisotopic (exact) mass is 475 g/mol. The molecule has 182 valence electrons. The normalized spacial score (nSPS) is 15.5. The van der Waals surface area contributed by atoms with E-state index in [0.717, 1.165) is 48.0 Å². The van der Waals surface area contributed by atoms with E-state index in [4.69, 9.17) is 19.2 Å². The SMILES string of the molecule is COCCN(C)c1cc(Nc2cc(C)[nH]n2)nc(N2CCCC2c2cc(-c3ccccn3)no2)n1. The molecule has 0 radical (unpaired) electrons. The second-order valence-corrected chi connectivity index (χ2v) is 8.57. The van der Waals surface area contributed by atoms with Gasteiger partial charge in [-0.25, -0.2) is 0 Å². The summed E-state index contributed by atoms with van der Waals surface area (Å²) >= 11 is 0. The number of hydrogen-bond acceptors (Lipinski definition) is 10. The number of hydrogen-bond donors (Lipinski definition) is 2. The van der Waals surface area contributed by atoms with E-state index in [-0.39, 0.29) is 6.04 Å². The summed E-state index contributed by atoms with van der Waals surface area (Å²) in [6, 6.07) is 11.5. The molecule has 5 heterocycles. The van der Waals surface area contributed by atoms with Gasteiger partial charge in [-0.2, -0.15) is 15.1 Å².